The first kappa shape index (κ1) is 23.8. The van der Waals surface area contributed by atoms with Gasteiger partial charge in [-0.2, -0.15) is 0 Å². The minimum atomic E-state index is -1.00. The Balaban J connectivity index is 1.58. The number of carboxylic acid groups (broad SMARTS) is 1. The number of carbonyl (C=O) groups excluding carboxylic acids is 2. The van der Waals surface area contributed by atoms with Crippen LogP contribution < -0.4 is 0 Å². The molecule has 0 heterocycles. The quantitative estimate of drug-likeness (QED) is 0.464. The van der Waals surface area contributed by atoms with Crippen molar-refractivity contribution < 1.29 is 29.0 Å². The Morgan fingerprint density at radius 1 is 0.871 bits per heavy atom. The van der Waals surface area contributed by atoms with E-state index in [4.69, 9.17) is 9.47 Å². The van der Waals surface area contributed by atoms with Crippen LogP contribution in [-0.4, -0.2) is 36.2 Å². The minimum absolute atomic E-state index is 0.0153. The molecule has 31 heavy (non-hydrogen) atoms. The van der Waals surface area contributed by atoms with Gasteiger partial charge < -0.3 is 14.6 Å². The molecule has 0 aliphatic heterocycles. The standard InChI is InChI=1S/C25H38O6/c1-23(2,3)13-25(7,24(4,5)6)22(29)31-11-10-30-21(28)19-17-15-9-8-14(12-15)16(17)18(19)20(26)27/h14-17H,8-13H2,1-7H3,(H,26,27). The normalized spacial score (nSPS) is 29.1. The summed E-state index contributed by atoms with van der Waals surface area (Å²) in [5.74, 6) is -1.00. The zero-order valence-corrected chi connectivity index (χ0v) is 20.0. The Morgan fingerprint density at radius 2 is 1.39 bits per heavy atom. The van der Waals surface area contributed by atoms with Gasteiger partial charge in [0.25, 0.3) is 0 Å². The van der Waals surface area contributed by atoms with Crippen molar-refractivity contribution >= 4 is 17.9 Å². The third-order valence-corrected chi connectivity index (χ3v) is 7.86. The molecular weight excluding hydrogens is 396 g/mol. The van der Waals surface area contributed by atoms with Crippen LogP contribution in [0.3, 0.4) is 0 Å². The number of rotatable bonds is 7. The molecule has 0 aromatic heterocycles. The molecule has 174 valence electrons. The molecule has 6 heteroatoms. The van der Waals surface area contributed by atoms with Crippen LogP contribution in [0.1, 0.15) is 74.1 Å². The lowest BCUT2D eigenvalue weighted by atomic mass is 9.61. The van der Waals surface area contributed by atoms with Gasteiger partial charge in [-0.05, 0) is 55.3 Å². The lowest BCUT2D eigenvalue weighted by molar-refractivity contribution is -0.167. The number of carbonyl (C=O) groups is 3. The molecule has 5 atom stereocenters. The van der Waals surface area contributed by atoms with Crippen molar-refractivity contribution in [2.45, 2.75) is 74.1 Å². The summed E-state index contributed by atoms with van der Waals surface area (Å²) >= 11 is 0. The van der Waals surface area contributed by atoms with Crippen LogP contribution >= 0.6 is 0 Å². The molecule has 0 aromatic rings. The highest BCUT2D eigenvalue weighted by atomic mass is 16.6. The zero-order valence-electron chi connectivity index (χ0n) is 20.0. The maximum absolute atomic E-state index is 13.0. The van der Waals surface area contributed by atoms with Crippen molar-refractivity contribution in [3.8, 4) is 0 Å². The fourth-order valence-corrected chi connectivity index (χ4v) is 6.10. The molecule has 3 rings (SSSR count). The van der Waals surface area contributed by atoms with Gasteiger partial charge in [-0.3, -0.25) is 4.79 Å². The summed E-state index contributed by atoms with van der Waals surface area (Å²) < 4.78 is 10.9. The van der Waals surface area contributed by atoms with Gasteiger partial charge in [0.2, 0.25) is 0 Å². The molecule has 3 aliphatic rings. The highest BCUT2D eigenvalue weighted by molar-refractivity contribution is 6.04. The van der Waals surface area contributed by atoms with Crippen molar-refractivity contribution in [1.29, 1.82) is 0 Å². The average molecular weight is 435 g/mol. The largest absolute Gasteiger partial charge is 0.478 e. The number of hydrogen-bond acceptors (Lipinski definition) is 5. The van der Waals surface area contributed by atoms with E-state index >= 15 is 0 Å². The molecule has 3 aliphatic carbocycles. The van der Waals surface area contributed by atoms with Crippen molar-refractivity contribution in [3.63, 3.8) is 0 Å². The van der Waals surface area contributed by atoms with Crippen molar-refractivity contribution in [2.75, 3.05) is 13.2 Å². The van der Waals surface area contributed by atoms with Crippen LogP contribution in [0.5, 0.6) is 0 Å². The van der Waals surface area contributed by atoms with Crippen LogP contribution in [0.2, 0.25) is 0 Å². The Labute approximate surface area is 185 Å². The van der Waals surface area contributed by atoms with E-state index in [0.717, 1.165) is 19.3 Å². The zero-order chi connectivity index (χ0) is 23.4. The summed E-state index contributed by atoms with van der Waals surface area (Å²) in [6, 6.07) is 0. The van der Waals surface area contributed by atoms with Crippen LogP contribution in [0.15, 0.2) is 11.1 Å². The number of ether oxygens (including phenoxy) is 2. The molecule has 0 amide bonds. The molecule has 0 spiro atoms. The fourth-order valence-electron chi connectivity index (χ4n) is 6.10. The summed E-state index contributed by atoms with van der Waals surface area (Å²) in [6.07, 6.45) is 3.80. The Bertz CT molecular complexity index is 796. The third kappa shape index (κ3) is 4.27. The van der Waals surface area contributed by atoms with Crippen molar-refractivity contribution in [3.05, 3.63) is 11.1 Å². The second-order valence-corrected chi connectivity index (χ2v) is 12.1. The Hall–Kier alpha value is -1.85. The smallest absolute Gasteiger partial charge is 0.335 e. The molecule has 2 fully saturated rings. The molecular formula is C25H38O6. The first-order chi connectivity index (χ1) is 14.2. The van der Waals surface area contributed by atoms with Gasteiger partial charge >= 0.3 is 17.9 Å². The maximum Gasteiger partial charge on any atom is 0.335 e. The number of carboxylic acids is 1. The van der Waals surface area contributed by atoms with Gasteiger partial charge in [-0.1, -0.05) is 41.5 Å². The number of hydrogen-bond donors (Lipinski definition) is 1. The van der Waals surface area contributed by atoms with Crippen LogP contribution in [0.4, 0.5) is 0 Å². The van der Waals surface area contributed by atoms with Gasteiger partial charge in [0.1, 0.15) is 13.2 Å². The predicted octanol–water partition coefficient (Wildman–Crippen LogP) is 4.62. The predicted molar refractivity (Wildman–Crippen MR) is 116 cm³/mol. The van der Waals surface area contributed by atoms with E-state index in [0.29, 0.717) is 23.8 Å². The maximum atomic E-state index is 13.0. The number of aliphatic carboxylic acids is 1. The fraction of sp³-hybridized carbons (Fsp3) is 0.800. The van der Waals surface area contributed by atoms with Gasteiger partial charge in [-0.25, -0.2) is 9.59 Å². The van der Waals surface area contributed by atoms with Crippen molar-refractivity contribution in [1.82, 2.24) is 0 Å². The second-order valence-electron chi connectivity index (χ2n) is 12.1. The molecule has 5 unspecified atom stereocenters. The highest BCUT2D eigenvalue weighted by Gasteiger charge is 2.60. The lowest BCUT2D eigenvalue weighted by Gasteiger charge is -2.43. The molecule has 2 saturated carbocycles. The topological polar surface area (TPSA) is 89.9 Å². The second kappa shape index (κ2) is 7.93. The average Bonchev–Trinajstić information content (AvgIpc) is 3.13. The van der Waals surface area contributed by atoms with E-state index in [2.05, 4.69) is 20.8 Å². The van der Waals surface area contributed by atoms with Gasteiger partial charge in [0.15, 0.2) is 0 Å². The number of fused-ring (bicyclic) bond motifs is 5. The lowest BCUT2D eigenvalue weighted by Crippen LogP contribution is -2.44. The molecule has 6 nitrogen and oxygen atoms in total. The Morgan fingerprint density at radius 3 is 1.87 bits per heavy atom. The monoisotopic (exact) mass is 434 g/mol. The molecule has 0 saturated heterocycles. The first-order valence-electron chi connectivity index (χ1n) is 11.5. The highest BCUT2D eigenvalue weighted by Crippen LogP contribution is 2.63. The Kier molecular flexibility index (Phi) is 6.09. The molecule has 1 N–H and O–H groups in total. The SMILES string of the molecule is CC(C)(C)CC(C)(C(=O)OCCOC(=O)C1=C(C(=O)O)C2C3CCC(C3)C12)C(C)(C)C. The number of esters is 2. The van der Waals surface area contributed by atoms with Gasteiger partial charge in [-0.15, -0.1) is 0 Å². The van der Waals surface area contributed by atoms with E-state index in [1.807, 2.05) is 27.7 Å². The summed E-state index contributed by atoms with van der Waals surface area (Å²) in [4.78, 5) is 37.3. The van der Waals surface area contributed by atoms with E-state index in [9.17, 15) is 19.5 Å². The van der Waals surface area contributed by atoms with Crippen molar-refractivity contribution in [2.24, 2.45) is 39.9 Å². The van der Waals surface area contributed by atoms with Crippen LogP contribution in [0, 0.1) is 39.9 Å². The molecule has 0 radical (unpaired) electrons. The molecule has 0 aromatic carbocycles. The summed E-state index contributed by atoms with van der Waals surface area (Å²) in [5.41, 5.74) is -0.418. The van der Waals surface area contributed by atoms with Crippen LogP contribution in [0.25, 0.3) is 0 Å². The molecule has 2 bridgehead atoms. The summed E-state index contributed by atoms with van der Waals surface area (Å²) in [5, 5.41) is 9.60. The van der Waals surface area contributed by atoms with E-state index < -0.39 is 17.4 Å². The van der Waals surface area contributed by atoms with Gasteiger partial charge in [0, 0.05) is 11.8 Å². The van der Waals surface area contributed by atoms with Crippen LogP contribution in [-0.2, 0) is 23.9 Å². The minimum Gasteiger partial charge on any atom is -0.478 e. The van der Waals surface area contributed by atoms with E-state index in [-0.39, 0.29) is 47.4 Å². The summed E-state index contributed by atoms with van der Waals surface area (Å²) in [6.45, 7) is 14.2. The van der Waals surface area contributed by atoms with E-state index in [1.165, 1.54) is 0 Å². The first-order valence-corrected chi connectivity index (χ1v) is 11.5. The van der Waals surface area contributed by atoms with E-state index in [1.54, 1.807) is 0 Å². The van der Waals surface area contributed by atoms with Gasteiger partial charge in [0.05, 0.1) is 16.6 Å². The summed E-state index contributed by atoms with van der Waals surface area (Å²) in [7, 11) is 0. The third-order valence-electron chi connectivity index (χ3n) is 7.86.